The molecule has 0 bridgehead atoms. The van der Waals surface area contributed by atoms with Gasteiger partial charge >= 0.3 is 5.97 Å². The molecule has 0 atom stereocenters. The van der Waals surface area contributed by atoms with Crippen LogP contribution in [-0.4, -0.2) is 28.6 Å². The number of aldehydes is 1. The lowest BCUT2D eigenvalue weighted by molar-refractivity contribution is -0.107. The van der Waals surface area contributed by atoms with Crippen LogP contribution in [0.5, 0.6) is 0 Å². The van der Waals surface area contributed by atoms with E-state index in [1.54, 1.807) is 13.1 Å². The minimum absolute atomic E-state index is 0.338. The second-order valence-corrected chi connectivity index (χ2v) is 5.17. The number of aromatic nitrogens is 2. The van der Waals surface area contributed by atoms with E-state index in [0.29, 0.717) is 31.1 Å². The summed E-state index contributed by atoms with van der Waals surface area (Å²) in [4.78, 5) is 22.6. The summed E-state index contributed by atoms with van der Waals surface area (Å²) < 4.78 is 7.02. The number of hydrogen-bond acceptors (Lipinski definition) is 4. The van der Waals surface area contributed by atoms with Crippen LogP contribution in [0.2, 0.25) is 0 Å². The number of carbonyl (C=O) groups is 2. The molecule has 1 aliphatic carbocycles. The molecule has 2 rings (SSSR count). The van der Waals surface area contributed by atoms with Crippen molar-refractivity contribution >= 4 is 12.3 Å². The normalized spacial score (nSPS) is 16.1. The van der Waals surface area contributed by atoms with Crippen molar-refractivity contribution in [2.24, 2.45) is 0 Å². The maximum Gasteiger partial charge on any atom is 0.341 e. The van der Waals surface area contributed by atoms with Crippen molar-refractivity contribution in [2.75, 3.05) is 6.61 Å². The second-order valence-electron chi connectivity index (χ2n) is 5.17. The number of esters is 1. The van der Waals surface area contributed by atoms with E-state index < -0.39 is 0 Å². The Morgan fingerprint density at radius 3 is 2.85 bits per heavy atom. The molecule has 0 amide bonds. The van der Waals surface area contributed by atoms with Gasteiger partial charge in [0.05, 0.1) is 24.5 Å². The fraction of sp³-hybridized carbons (Fsp3) is 0.667. The molecule has 1 saturated carbocycles. The molecule has 0 aromatic carbocycles. The predicted molar refractivity (Wildman–Crippen MR) is 74.7 cm³/mol. The fourth-order valence-corrected chi connectivity index (χ4v) is 2.85. The van der Waals surface area contributed by atoms with Gasteiger partial charge in [-0.2, -0.15) is 5.10 Å². The van der Waals surface area contributed by atoms with Gasteiger partial charge in [0.1, 0.15) is 11.8 Å². The van der Waals surface area contributed by atoms with Crippen LogP contribution in [0.4, 0.5) is 0 Å². The summed E-state index contributed by atoms with van der Waals surface area (Å²) >= 11 is 0. The molecule has 0 spiro atoms. The van der Waals surface area contributed by atoms with Crippen LogP contribution >= 0.6 is 0 Å². The van der Waals surface area contributed by atoms with Gasteiger partial charge in [-0.25, -0.2) is 4.79 Å². The molecule has 1 aliphatic rings. The molecule has 0 saturated heterocycles. The van der Waals surface area contributed by atoms with Crippen molar-refractivity contribution < 1.29 is 14.3 Å². The molecule has 110 valence electrons. The highest BCUT2D eigenvalue weighted by Crippen LogP contribution is 2.30. The minimum atomic E-state index is -0.338. The smallest absolute Gasteiger partial charge is 0.341 e. The highest BCUT2D eigenvalue weighted by molar-refractivity contribution is 5.90. The Bertz CT molecular complexity index is 462. The van der Waals surface area contributed by atoms with Crippen molar-refractivity contribution in [3.63, 3.8) is 0 Å². The molecule has 1 fully saturated rings. The average Bonchev–Trinajstić information content (AvgIpc) is 2.90. The van der Waals surface area contributed by atoms with E-state index in [9.17, 15) is 9.59 Å². The molecule has 0 unspecified atom stereocenters. The van der Waals surface area contributed by atoms with E-state index >= 15 is 0 Å². The lowest BCUT2D eigenvalue weighted by Gasteiger charge is -2.24. The first kappa shape index (κ1) is 14.8. The Balaban J connectivity index is 2.25. The third-order valence-electron chi connectivity index (χ3n) is 3.81. The molecular formula is C15H22N2O3. The highest BCUT2D eigenvalue weighted by Gasteiger charge is 2.24. The lowest BCUT2D eigenvalue weighted by atomic mass is 9.95. The van der Waals surface area contributed by atoms with Crippen molar-refractivity contribution in [1.82, 2.24) is 9.78 Å². The largest absolute Gasteiger partial charge is 0.462 e. The summed E-state index contributed by atoms with van der Waals surface area (Å²) in [6.45, 7) is 2.13. The Morgan fingerprint density at radius 2 is 2.20 bits per heavy atom. The molecule has 5 heteroatoms. The van der Waals surface area contributed by atoms with Gasteiger partial charge < -0.3 is 9.53 Å². The van der Waals surface area contributed by atoms with Crippen LogP contribution in [0.1, 0.15) is 67.5 Å². The number of ether oxygens (including phenoxy) is 1. The predicted octanol–water partition coefficient (Wildman–Crippen LogP) is 2.70. The first-order valence-electron chi connectivity index (χ1n) is 7.45. The Morgan fingerprint density at radius 1 is 1.45 bits per heavy atom. The SMILES string of the molecule is CCOC(=O)c1cnn(C2CCCCC2)c1CCC=O. The molecule has 1 heterocycles. The summed E-state index contributed by atoms with van der Waals surface area (Å²) in [5.74, 6) is -0.338. The second kappa shape index (κ2) is 7.22. The van der Waals surface area contributed by atoms with Gasteiger partial charge in [0.25, 0.3) is 0 Å². The third kappa shape index (κ3) is 3.26. The van der Waals surface area contributed by atoms with E-state index in [1.165, 1.54) is 19.3 Å². The molecule has 20 heavy (non-hydrogen) atoms. The van der Waals surface area contributed by atoms with Crippen LogP contribution in [0.3, 0.4) is 0 Å². The monoisotopic (exact) mass is 278 g/mol. The Kier molecular flexibility index (Phi) is 5.32. The zero-order valence-electron chi connectivity index (χ0n) is 12.0. The van der Waals surface area contributed by atoms with Crippen LogP contribution in [0, 0.1) is 0 Å². The average molecular weight is 278 g/mol. The Labute approximate surface area is 119 Å². The molecule has 5 nitrogen and oxygen atoms in total. The third-order valence-corrected chi connectivity index (χ3v) is 3.81. The van der Waals surface area contributed by atoms with E-state index in [4.69, 9.17) is 4.74 Å². The number of carbonyl (C=O) groups excluding carboxylic acids is 2. The van der Waals surface area contributed by atoms with Gasteiger partial charge in [0, 0.05) is 6.42 Å². The molecular weight excluding hydrogens is 256 g/mol. The van der Waals surface area contributed by atoms with E-state index in [1.807, 2.05) is 4.68 Å². The standard InChI is InChI=1S/C15H22N2O3/c1-2-20-15(19)13-11-16-17(14(13)9-6-10-18)12-7-4-3-5-8-12/h10-12H,2-9H2,1H3. The van der Waals surface area contributed by atoms with E-state index in [-0.39, 0.29) is 5.97 Å². The molecule has 0 radical (unpaired) electrons. The van der Waals surface area contributed by atoms with Crippen molar-refractivity contribution in [2.45, 2.75) is 57.9 Å². The van der Waals surface area contributed by atoms with Gasteiger partial charge in [-0.1, -0.05) is 19.3 Å². The zero-order chi connectivity index (χ0) is 14.4. The maximum absolute atomic E-state index is 12.0. The fourth-order valence-electron chi connectivity index (χ4n) is 2.85. The topological polar surface area (TPSA) is 61.2 Å². The lowest BCUT2D eigenvalue weighted by Crippen LogP contribution is -2.18. The summed E-state index contributed by atoms with van der Waals surface area (Å²) in [7, 11) is 0. The van der Waals surface area contributed by atoms with Gasteiger partial charge in [0.15, 0.2) is 0 Å². The molecule has 0 aliphatic heterocycles. The van der Waals surface area contributed by atoms with E-state index in [0.717, 1.165) is 24.8 Å². The summed E-state index contributed by atoms with van der Waals surface area (Å²) in [5, 5.41) is 4.40. The summed E-state index contributed by atoms with van der Waals surface area (Å²) in [5.41, 5.74) is 1.36. The van der Waals surface area contributed by atoms with Crippen LogP contribution in [0.25, 0.3) is 0 Å². The number of hydrogen-bond donors (Lipinski definition) is 0. The van der Waals surface area contributed by atoms with Crippen LogP contribution in [-0.2, 0) is 16.0 Å². The van der Waals surface area contributed by atoms with Gasteiger partial charge in [-0.05, 0) is 26.2 Å². The molecule has 1 aromatic heterocycles. The van der Waals surface area contributed by atoms with Gasteiger partial charge in [-0.3, -0.25) is 4.68 Å². The molecule has 0 N–H and O–H groups in total. The van der Waals surface area contributed by atoms with Crippen molar-refractivity contribution in [3.05, 3.63) is 17.5 Å². The molecule has 1 aromatic rings. The first-order valence-corrected chi connectivity index (χ1v) is 7.45. The quantitative estimate of drug-likeness (QED) is 0.593. The number of nitrogens with zero attached hydrogens (tertiary/aromatic N) is 2. The van der Waals surface area contributed by atoms with Crippen LogP contribution in [0.15, 0.2) is 6.20 Å². The van der Waals surface area contributed by atoms with Crippen molar-refractivity contribution in [3.8, 4) is 0 Å². The van der Waals surface area contributed by atoms with Crippen LogP contribution < -0.4 is 0 Å². The minimum Gasteiger partial charge on any atom is -0.462 e. The van der Waals surface area contributed by atoms with Crippen molar-refractivity contribution in [1.29, 1.82) is 0 Å². The van der Waals surface area contributed by atoms with Gasteiger partial charge in [-0.15, -0.1) is 0 Å². The highest BCUT2D eigenvalue weighted by atomic mass is 16.5. The summed E-state index contributed by atoms with van der Waals surface area (Å²) in [6, 6.07) is 0.355. The van der Waals surface area contributed by atoms with E-state index in [2.05, 4.69) is 5.10 Å². The number of rotatable bonds is 6. The van der Waals surface area contributed by atoms with Gasteiger partial charge in [0.2, 0.25) is 0 Å². The Hall–Kier alpha value is -1.65. The maximum atomic E-state index is 12.0. The zero-order valence-corrected chi connectivity index (χ0v) is 12.0. The summed E-state index contributed by atoms with van der Waals surface area (Å²) in [6.07, 6.45) is 9.29. The first-order chi connectivity index (χ1) is 9.77.